The van der Waals surface area contributed by atoms with E-state index < -0.39 is 0 Å². The van der Waals surface area contributed by atoms with Crippen LogP contribution in [0.5, 0.6) is 0 Å². The monoisotopic (exact) mass is 221 g/mol. The van der Waals surface area contributed by atoms with Crippen LogP contribution in [0.2, 0.25) is 0 Å². The molecular weight excluding hydrogens is 201 g/mol. The molecule has 1 heterocycles. The van der Waals surface area contributed by atoms with Gasteiger partial charge < -0.3 is 4.90 Å². The number of likely N-dealkylation sites (tertiary alicyclic amines) is 1. The molecular formula is C14H20FN. The van der Waals surface area contributed by atoms with Crippen molar-refractivity contribution >= 4 is 0 Å². The zero-order valence-electron chi connectivity index (χ0n) is 10.1. The van der Waals surface area contributed by atoms with Crippen LogP contribution in [0.1, 0.15) is 38.2 Å². The van der Waals surface area contributed by atoms with Gasteiger partial charge in [0.25, 0.3) is 0 Å². The molecule has 0 aromatic heterocycles. The summed E-state index contributed by atoms with van der Waals surface area (Å²) in [5.41, 5.74) is 1.17. The molecule has 1 aromatic rings. The molecule has 0 radical (unpaired) electrons. The zero-order chi connectivity index (χ0) is 11.5. The minimum atomic E-state index is -0.108. The Hall–Kier alpha value is -0.890. The molecule has 0 N–H and O–H groups in total. The Balaban J connectivity index is 1.99. The summed E-state index contributed by atoms with van der Waals surface area (Å²) in [5.74, 6) is 0.439. The predicted molar refractivity (Wildman–Crippen MR) is 65.1 cm³/mol. The Kier molecular flexibility index (Phi) is 3.59. The molecule has 1 aliphatic heterocycles. The Morgan fingerprint density at radius 1 is 1.25 bits per heavy atom. The Morgan fingerprint density at radius 2 is 1.94 bits per heavy atom. The van der Waals surface area contributed by atoms with Crippen LogP contribution in [0, 0.1) is 5.82 Å². The summed E-state index contributed by atoms with van der Waals surface area (Å²) >= 11 is 0. The van der Waals surface area contributed by atoms with Gasteiger partial charge in [0.2, 0.25) is 0 Å². The van der Waals surface area contributed by atoms with Gasteiger partial charge in [0, 0.05) is 6.04 Å². The summed E-state index contributed by atoms with van der Waals surface area (Å²) in [7, 11) is 0. The minimum Gasteiger partial charge on any atom is -0.301 e. The topological polar surface area (TPSA) is 3.24 Å². The fourth-order valence-corrected chi connectivity index (χ4v) is 2.51. The summed E-state index contributed by atoms with van der Waals surface area (Å²) in [6.07, 6.45) is 2.31. The molecule has 2 heteroatoms. The van der Waals surface area contributed by atoms with Crippen LogP contribution in [0.4, 0.5) is 4.39 Å². The van der Waals surface area contributed by atoms with Gasteiger partial charge in [-0.1, -0.05) is 12.1 Å². The lowest BCUT2D eigenvalue weighted by atomic mass is 9.89. The number of hydrogen-bond acceptors (Lipinski definition) is 1. The first-order valence-electron chi connectivity index (χ1n) is 6.16. The van der Waals surface area contributed by atoms with E-state index in [2.05, 4.69) is 24.8 Å². The van der Waals surface area contributed by atoms with E-state index in [1.54, 1.807) is 6.07 Å². The van der Waals surface area contributed by atoms with Crippen molar-refractivity contribution in [1.29, 1.82) is 0 Å². The summed E-state index contributed by atoms with van der Waals surface area (Å²) < 4.78 is 13.1. The van der Waals surface area contributed by atoms with Gasteiger partial charge in [0.15, 0.2) is 0 Å². The van der Waals surface area contributed by atoms with Gasteiger partial charge in [0.05, 0.1) is 0 Å². The molecule has 0 bridgehead atoms. The van der Waals surface area contributed by atoms with E-state index in [9.17, 15) is 4.39 Å². The number of benzene rings is 1. The first-order valence-corrected chi connectivity index (χ1v) is 6.16. The highest BCUT2D eigenvalue weighted by Crippen LogP contribution is 2.28. The molecule has 1 fully saturated rings. The van der Waals surface area contributed by atoms with Gasteiger partial charge in [-0.15, -0.1) is 0 Å². The van der Waals surface area contributed by atoms with Gasteiger partial charge in [-0.05, 0) is 63.4 Å². The highest BCUT2D eigenvalue weighted by atomic mass is 19.1. The lowest BCUT2D eigenvalue weighted by Gasteiger charge is -2.34. The normalized spacial score (nSPS) is 19.2. The first kappa shape index (κ1) is 11.6. The van der Waals surface area contributed by atoms with E-state index in [-0.39, 0.29) is 5.82 Å². The second-order valence-corrected chi connectivity index (χ2v) is 4.96. The van der Waals surface area contributed by atoms with Crippen LogP contribution in [-0.2, 0) is 0 Å². The average Bonchev–Trinajstić information content (AvgIpc) is 2.29. The number of rotatable bonds is 2. The summed E-state index contributed by atoms with van der Waals surface area (Å²) in [6, 6.07) is 7.72. The van der Waals surface area contributed by atoms with Crippen LogP contribution in [0.15, 0.2) is 24.3 Å². The lowest BCUT2D eigenvalue weighted by Crippen LogP contribution is -2.37. The van der Waals surface area contributed by atoms with Crippen molar-refractivity contribution in [2.45, 2.75) is 38.6 Å². The van der Waals surface area contributed by atoms with Crippen LogP contribution in [0.3, 0.4) is 0 Å². The van der Waals surface area contributed by atoms with Gasteiger partial charge >= 0.3 is 0 Å². The van der Waals surface area contributed by atoms with Crippen molar-refractivity contribution in [2.24, 2.45) is 0 Å². The van der Waals surface area contributed by atoms with Gasteiger partial charge in [0.1, 0.15) is 5.82 Å². The second kappa shape index (κ2) is 4.96. The third-order valence-electron chi connectivity index (χ3n) is 3.58. The number of hydrogen-bond donors (Lipinski definition) is 0. The maximum Gasteiger partial charge on any atom is 0.123 e. The van der Waals surface area contributed by atoms with Crippen molar-refractivity contribution in [3.05, 3.63) is 35.6 Å². The Bertz CT molecular complexity index is 340. The molecule has 1 aliphatic rings. The fraction of sp³-hybridized carbons (Fsp3) is 0.571. The third-order valence-corrected chi connectivity index (χ3v) is 3.58. The Morgan fingerprint density at radius 3 is 2.50 bits per heavy atom. The molecule has 0 amide bonds. The summed E-state index contributed by atoms with van der Waals surface area (Å²) in [5, 5.41) is 0. The highest BCUT2D eigenvalue weighted by Gasteiger charge is 2.21. The van der Waals surface area contributed by atoms with Gasteiger partial charge in [-0.3, -0.25) is 0 Å². The van der Waals surface area contributed by atoms with Crippen molar-refractivity contribution in [3.8, 4) is 0 Å². The molecule has 16 heavy (non-hydrogen) atoms. The van der Waals surface area contributed by atoms with Gasteiger partial charge in [-0.2, -0.15) is 0 Å². The zero-order valence-corrected chi connectivity index (χ0v) is 10.1. The van der Waals surface area contributed by atoms with E-state index in [0.717, 1.165) is 25.9 Å². The summed E-state index contributed by atoms with van der Waals surface area (Å²) in [6.45, 7) is 6.75. The minimum absolute atomic E-state index is 0.108. The standard InChI is InChI=1S/C14H20FN/c1-11(2)16-8-6-12(7-9-16)13-4-3-5-14(15)10-13/h3-5,10-12H,6-9H2,1-2H3. The second-order valence-electron chi connectivity index (χ2n) is 4.96. The molecule has 0 spiro atoms. The first-order chi connectivity index (χ1) is 7.66. The third kappa shape index (κ3) is 2.62. The molecule has 1 nitrogen and oxygen atoms in total. The molecule has 0 unspecified atom stereocenters. The number of nitrogens with zero attached hydrogens (tertiary/aromatic N) is 1. The van der Waals surface area contributed by atoms with Crippen molar-refractivity contribution < 1.29 is 4.39 Å². The maximum atomic E-state index is 13.1. The van der Waals surface area contributed by atoms with E-state index in [0.29, 0.717) is 12.0 Å². The van der Waals surface area contributed by atoms with E-state index in [1.165, 1.54) is 11.6 Å². The smallest absolute Gasteiger partial charge is 0.123 e. The highest BCUT2D eigenvalue weighted by molar-refractivity contribution is 5.21. The predicted octanol–water partition coefficient (Wildman–Crippen LogP) is 3.41. The fourth-order valence-electron chi connectivity index (χ4n) is 2.51. The molecule has 0 atom stereocenters. The molecule has 0 aliphatic carbocycles. The van der Waals surface area contributed by atoms with Crippen LogP contribution in [-0.4, -0.2) is 24.0 Å². The van der Waals surface area contributed by atoms with Crippen LogP contribution >= 0.6 is 0 Å². The molecule has 1 saturated heterocycles. The van der Waals surface area contributed by atoms with Crippen molar-refractivity contribution in [3.63, 3.8) is 0 Å². The van der Waals surface area contributed by atoms with Crippen LogP contribution in [0.25, 0.3) is 0 Å². The van der Waals surface area contributed by atoms with Crippen molar-refractivity contribution in [2.75, 3.05) is 13.1 Å². The molecule has 1 aromatic carbocycles. The lowest BCUT2D eigenvalue weighted by molar-refractivity contribution is 0.172. The molecule has 2 rings (SSSR count). The van der Waals surface area contributed by atoms with Gasteiger partial charge in [-0.25, -0.2) is 4.39 Å². The maximum absolute atomic E-state index is 13.1. The number of piperidine rings is 1. The molecule has 0 saturated carbocycles. The Labute approximate surface area is 97.3 Å². The van der Waals surface area contributed by atoms with E-state index in [1.807, 2.05) is 6.07 Å². The molecule has 88 valence electrons. The largest absolute Gasteiger partial charge is 0.301 e. The van der Waals surface area contributed by atoms with E-state index >= 15 is 0 Å². The quantitative estimate of drug-likeness (QED) is 0.739. The summed E-state index contributed by atoms with van der Waals surface area (Å²) in [4.78, 5) is 2.50. The SMILES string of the molecule is CC(C)N1CCC(c2cccc(F)c2)CC1. The average molecular weight is 221 g/mol. The van der Waals surface area contributed by atoms with Crippen molar-refractivity contribution in [1.82, 2.24) is 4.90 Å². The number of halogens is 1. The van der Waals surface area contributed by atoms with Crippen LogP contribution < -0.4 is 0 Å². The van der Waals surface area contributed by atoms with E-state index in [4.69, 9.17) is 0 Å².